The standard InChI is InChI=1S/C12H28N2O.C2H6/c1-10(2)14-8-7-12(5,6)15-9-11(3,4)13;1-2/h10,14H,7-9,13H2,1-6H3;1-2H3. The summed E-state index contributed by atoms with van der Waals surface area (Å²) in [6.45, 7) is 18.1. The second kappa shape index (κ2) is 8.90. The van der Waals surface area contributed by atoms with Crippen LogP contribution in [0.5, 0.6) is 0 Å². The molecule has 0 spiro atoms. The highest BCUT2D eigenvalue weighted by atomic mass is 16.5. The Kier molecular flexibility index (Phi) is 10.1. The average Bonchev–Trinajstić information content (AvgIpc) is 2.16. The van der Waals surface area contributed by atoms with Gasteiger partial charge in [-0.25, -0.2) is 0 Å². The van der Waals surface area contributed by atoms with Crippen molar-refractivity contribution in [2.24, 2.45) is 5.73 Å². The highest BCUT2D eigenvalue weighted by Crippen LogP contribution is 2.15. The fraction of sp³-hybridized carbons (Fsp3) is 1.00. The Morgan fingerprint density at radius 1 is 1.12 bits per heavy atom. The quantitative estimate of drug-likeness (QED) is 0.726. The highest BCUT2D eigenvalue weighted by Gasteiger charge is 2.21. The molecule has 3 N–H and O–H groups in total. The molecule has 3 heteroatoms. The van der Waals surface area contributed by atoms with Crippen molar-refractivity contribution in [3.05, 3.63) is 0 Å². The Labute approximate surface area is 108 Å². The second-order valence-corrected chi connectivity index (χ2v) is 5.90. The molecule has 0 atom stereocenters. The Bertz CT molecular complexity index is 172. The van der Waals surface area contributed by atoms with Crippen molar-refractivity contribution in [3.8, 4) is 0 Å². The van der Waals surface area contributed by atoms with Gasteiger partial charge in [0.25, 0.3) is 0 Å². The lowest BCUT2D eigenvalue weighted by atomic mass is 10.0. The maximum Gasteiger partial charge on any atom is 0.0648 e. The molecule has 0 fully saturated rings. The third-order valence-electron chi connectivity index (χ3n) is 2.11. The molecule has 0 heterocycles. The minimum atomic E-state index is -0.247. The molecule has 0 amide bonds. The Morgan fingerprint density at radius 2 is 1.59 bits per heavy atom. The van der Waals surface area contributed by atoms with Gasteiger partial charge in [0.1, 0.15) is 0 Å². The predicted octanol–water partition coefficient (Wildman–Crippen LogP) is 2.93. The highest BCUT2D eigenvalue weighted by molar-refractivity contribution is 4.76. The van der Waals surface area contributed by atoms with Gasteiger partial charge < -0.3 is 15.8 Å². The Balaban J connectivity index is 0. The molecule has 0 bridgehead atoms. The van der Waals surface area contributed by atoms with Gasteiger partial charge in [0.2, 0.25) is 0 Å². The van der Waals surface area contributed by atoms with Crippen molar-refractivity contribution in [3.63, 3.8) is 0 Å². The van der Waals surface area contributed by atoms with Gasteiger partial charge in [-0.05, 0) is 40.7 Å². The van der Waals surface area contributed by atoms with E-state index in [4.69, 9.17) is 10.5 Å². The molecule has 106 valence electrons. The van der Waals surface area contributed by atoms with Crippen LogP contribution in [0.4, 0.5) is 0 Å². The monoisotopic (exact) mass is 246 g/mol. The number of rotatable bonds is 7. The number of ether oxygens (including phenoxy) is 1. The van der Waals surface area contributed by atoms with Crippen molar-refractivity contribution >= 4 is 0 Å². The summed E-state index contributed by atoms with van der Waals surface area (Å²) in [5.41, 5.74) is 5.53. The van der Waals surface area contributed by atoms with Crippen molar-refractivity contribution in [1.29, 1.82) is 0 Å². The van der Waals surface area contributed by atoms with Crippen LogP contribution < -0.4 is 11.1 Å². The SMILES string of the molecule is CC.CC(C)NCCC(C)(C)OCC(C)(C)N. The summed E-state index contributed by atoms with van der Waals surface area (Å²) in [5.74, 6) is 0. The molecule has 0 aromatic rings. The van der Waals surface area contributed by atoms with Crippen LogP contribution in [0.2, 0.25) is 0 Å². The van der Waals surface area contributed by atoms with Crippen molar-refractivity contribution < 1.29 is 4.74 Å². The fourth-order valence-electron chi connectivity index (χ4n) is 1.12. The van der Waals surface area contributed by atoms with Crippen LogP contribution in [-0.2, 0) is 4.74 Å². The number of nitrogens with one attached hydrogen (secondary N) is 1. The summed E-state index contributed by atoms with van der Waals surface area (Å²) in [7, 11) is 0. The summed E-state index contributed by atoms with van der Waals surface area (Å²) >= 11 is 0. The summed E-state index contributed by atoms with van der Waals surface area (Å²) in [6, 6.07) is 0.534. The van der Waals surface area contributed by atoms with Gasteiger partial charge >= 0.3 is 0 Å². The molecule has 17 heavy (non-hydrogen) atoms. The van der Waals surface area contributed by atoms with Crippen molar-refractivity contribution in [2.45, 2.75) is 79.0 Å². The van der Waals surface area contributed by atoms with Crippen LogP contribution in [-0.4, -0.2) is 30.3 Å². The Hall–Kier alpha value is -0.120. The molecule has 0 rings (SSSR count). The molecule has 0 radical (unpaired) electrons. The third kappa shape index (κ3) is 15.9. The maximum absolute atomic E-state index is 5.88. The van der Waals surface area contributed by atoms with E-state index >= 15 is 0 Å². The molecule has 0 saturated heterocycles. The van der Waals surface area contributed by atoms with E-state index in [0.717, 1.165) is 13.0 Å². The van der Waals surface area contributed by atoms with E-state index in [2.05, 4.69) is 33.0 Å². The smallest absolute Gasteiger partial charge is 0.0648 e. The summed E-state index contributed by atoms with van der Waals surface area (Å²) in [4.78, 5) is 0. The zero-order chi connectivity index (χ0) is 14.1. The first kappa shape index (κ1) is 19.2. The first-order valence-electron chi connectivity index (χ1n) is 6.79. The van der Waals surface area contributed by atoms with Crippen LogP contribution in [0, 0.1) is 0 Å². The number of hydrogen-bond donors (Lipinski definition) is 2. The van der Waals surface area contributed by atoms with E-state index in [1.807, 2.05) is 27.7 Å². The lowest BCUT2D eigenvalue weighted by Crippen LogP contribution is -2.42. The van der Waals surface area contributed by atoms with Crippen LogP contribution in [0.1, 0.15) is 61.8 Å². The van der Waals surface area contributed by atoms with Crippen LogP contribution in [0.3, 0.4) is 0 Å². The van der Waals surface area contributed by atoms with Gasteiger partial charge in [-0.1, -0.05) is 27.7 Å². The average molecular weight is 246 g/mol. The second-order valence-electron chi connectivity index (χ2n) is 5.90. The topological polar surface area (TPSA) is 47.3 Å². The molecule has 0 saturated carbocycles. The van der Waals surface area contributed by atoms with E-state index in [0.29, 0.717) is 12.6 Å². The molecule has 0 unspecified atom stereocenters. The van der Waals surface area contributed by atoms with Gasteiger partial charge in [0.15, 0.2) is 0 Å². The van der Waals surface area contributed by atoms with Gasteiger partial charge in [-0.15, -0.1) is 0 Å². The van der Waals surface area contributed by atoms with Gasteiger partial charge in [-0.2, -0.15) is 0 Å². The molecule has 0 aliphatic heterocycles. The molecule has 0 aromatic carbocycles. The number of nitrogens with two attached hydrogens (primary N) is 1. The van der Waals surface area contributed by atoms with Crippen LogP contribution in [0.15, 0.2) is 0 Å². The first-order chi connectivity index (χ1) is 7.62. The van der Waals surface area contributed by atoms with E-state index in [-0.39, 0.29) is 11.1 Å². The summed E-state index contributed by atoms with van der Waals surface area (Å²) in [6.07, 6.45) is 1.00. The largest absolute Gasteiger partial charge is 0.374 e. The lowest BCUT2D eigenvalue weighted by Gasteiger charge is -2.30. The number of hydrogen-bond acceptors (Lipinski definition) is 3. The molecule has 0 aliphatic rings. The molecule has 3 nitrogen and oxygen atoms in total. The molecular weight excluding hydrogens is 212 g/mol. The lowest BCUT2D eigenvalue weighted by molar-refractivity contribution is -0.0411. The van der Waals surface area contributed by atoms with Gasteiger partial charge in [0, 0.05) is 11.6 Å². The molecule has 0 aliphatic carbocycles. The van der Waals surface area contributed by atoms with E-state index in [1.54, 1.807) is 0 Å². The summed E-state index contributed by atoms with van der Waals surface area (Å²) < 4.78 is 5.81. The zero-order valence-corrected chi connectivity index (χ0v) is 13.2. The molecular formula is C14H34N2O. The van der Waals surface area contributed by atoms with Gasteiger partial charge in [-0.3, -0.25) is 0 Å². The minimum absolute atomic E-state index is 0.0987. The normalized spacial score (nSPS) is 12.4. The van der Waals surface area contributed by atoms with E-state index in [9.17, 15) is 0 Å². The minimum Gasteiger partial charge on any atom is -0.374 e. The summed E-state index contributed by atoms with van der Waals surface area (Å²) in [5, 5.41) is 3.39. The fourth-order valence-corrected chi connectivity index (χ4v) is 1.12. The van der Waals surface area contributed by atoms with Crippen LogP contribution in [0.25, 0.3) is 0 Å². The Morgan fingerprint density at radius 3 is 1.94 bits per heavy atom. The van der Waals surface area contributed by atoms with E-state index in [1.165, 1.54) is 0 Å². The maximum atomic E-state index is 5.88. The molecule has 0 aromatic heterocycles. The van der Waals surface area contributed by atoms with E-state index < -0.39 is 0 Å². The predicted molar refractivity (Wildman–Crippen MR) is 77.4 cm³/mol. The third-order valence-corrected chi connectivity index (χ3v) is 2.11. The first-order valence-corrected chi connectivity index (χ1v) is 6.79. The van der Waals surface area contributed by atoms with Crippen molar-refractivity contribution in [2.75, 3.05) is 13.2 Å². The van der Waals surface area contributed by atoms with Crippen molar-refractivity contribution in [1.82, 2.24) is 5.32 Å². The van der Waals surface area contributed by atoms with Crippen LogP contribution >= 0.6 is 0 Å². The van der Waals surface area contributed by atoms with Gasteiger partial charge in [0.05, 0.1) is 12.2 Å². The zero-order valence-electron chi connectivity index (χ0n) is 13.2.